The maximum atomic E-state index is 12.2. The number of carbonyl (C=O) groups is 2. The molecule has 2 rings (SSSR count). The van der Waals surface area contributed by atoms with Crippen LogP contribution in [0.4, 0.5) is 0 Å². The molecule has 1 aliphatic rings. The highest BCUT2D eigenvalue weighted by molar-refractivity contribution is 6.30. The van der Waals surface area contributed by atoms with Crippen LogP contribution in [0.25, 0.3) is 0 Å². The fraction of sp³-hybridized carbons (Fsp3) is 0.429. The summed E-state index contributed by atoms with van der Waals surface area (Å²) >= 11 is 5.80. The van der Waals surface area contributed by atoms with Crippen molar-refractivity contribution >= 4 is 23.3 Å². The predicted molar refractivity (Wildman–Crippen MR) is 70.6 cm³/mol. The van der Waals surface area contributed by atoms with E-state index in [1.165, 1.54) is 0 Å². The molecular formula is C14H16ClNO2. The summed E-state index contributed by atoms with van der Waals surface area (Å²) in [5.41, 5.74) is 0.253. The summed E-state index contributed by atoms with van der Waals surface area (Å²) in [6.45, 7) is 4.14. The van der Waals surface area contributed by atoms with E-state index >= 15 is 0 Å². The number of hydrogen-bond donors (Lipinski definition) is 0. The molecule has 0 N–H and O–H groups in total. The van der Waals surface area contributed by atoms with Gasteiger partial charge in [0, 0.05) is 18.0 Å². The summed E-state index contributed by atoms with van der Waals surface area (Å²) < 4.78 is 0. The molecule has 1 saturated heterocycles. The number of Topliss-reactive ketones (excluding diaryl/α,β-unsaturated/α-hetero) is 1. The van der Waals surface area contributed by atoms with Crippen molar-refractivity contribution < 1.29 is 9.59 Å². The van der Waals surface area contributed by atoms with Gasteiger partial charge in [-0.05, 0) is 31.5 Å². The van der Waals surface area contributed by atoms with Gasteiger partial charge in [0.15, 0.2) is 5.78 Å². The minimum Gasteiger partial charge on any atom is -0.330 e. The topological polar surface area (TPSA) is 37.4 Å². The highest BCUT2D eigenvalue weighted by Crippen LogP contribution is 2.25. The first-order valence-corrected chi connectivity index (χ1v) is 6.37. The molecule has 96 valence electrons. The number of benzene rings is 1. The zero-order valence-electron chi connectivity index (χ0n) is 10.6. The molecule has 0 bridgehead atoms. The number of hydrogen-bond acceptors (Lipinski definition) is 2. The lowest BCUT2D eigenvalue weighted by Crippen LogP contribution is -2.46. The Bertz CT molecular complexity index is 479. The SMILES string of the molecule is CC1(C)C(=O)CCN1C(=O)Cc1ccc(Cl)cc1. The van der Waals surface area contributed by atoms with E-state index in [1.54, 1.807) is 17.0 Å². The molecule has 0 saturated carbocycles. The number of amides is 1. The number of likely N-dealkylation sites (tertiary alicyclic amines) is 1. The van der Waals surface area contributed by atoms with Crippen LogP contribution < -0.4 is 0 Å². The van der Waals surface area contributed by atoms with Crippen LogP contribution in [0, 0.1) is 0 Å². The van der Waals surface area contributed by atoms with Gasteiger partial charge in [-0.15, -0.1) is 0 Å². The lowest BCUT2D eigenvalue weighted by Gasteiger charge is -2.30. The molecule has 1 fully saturated rings. The third-order valence-electron chi connectivity index (χ3n) is 3.49. The first-order valence-electron chi connectivity index (χ1n) is 5.99. The van der Waals surface area contributed by atoms with Gasteiger partial charge in [-0.1, -0.05) is 23.7 Å². The second-order valence-corrected chi connectivity index (χ2v) is 5.52. The van der Waals surface area contributed by atoms with Crippen molar-refractivity contribution in [1.29, 1.82) is 0 Å². The number of ketones is 1. The van der Waals surface area contributed by atoms with E-state index in [-0.39, 0.29) is 11.7 Å². The average molecular weight is 266 g/mol. The van der Waals surface area contributed by atoms with E-state index in [4.69, 9.17) is 11.6 Å². The lowest BCUT2D eigenvalue weighted by atomic mass is 10.00. The highest BCUT2D eigenvalue weighted by atomic mass is 35.5. The first-order chi connectivity index (χ1) is 8.41. The normalized spacial score (nSPS) is 18.2. The Kier molecular flexibility index (Phi) is 3.44. The molecule has 18 heavy (non-hydrogen) atoms. The van der Waals surface area contributed by atoms with Gasteiger partial charge >= 0.3 is 0 Å². The molecule has 0 atom stereocenters. The van der Waals surface area contributed by atoms with Crippen LogP contribution in [0.2, 0.25) is 5.02 Å². The van der Waals surface area contributed by atoms with Crippen molar-refractivity contribution in [3.8, 4) is 0 Å². The van der Waals surface area contributed by atoms with E-state index in [9.17, 15) is 9.59 Å². The second-order valence-electron chi connectivity index (χ2n) is 5.08. The highest BCUT2D eigenvalue weighted by Gasteiger charge is 2.42. The van der Waals surface area contributed by atoms with E-state index in [0.717, 1.165) is 5.56 Å². The van der Waals surface area contributed by atoms with Gasteiger partial charge < -0.3 is 4.90 Å². The molecule has 0 spiro atoms. The summed E-state index contributed by atoms with van der Waals surface area (Å²) in [6.07, 6.45) is 0.771. The van der Waals surface area contributed by atoms with Crippen LogP contribution in [0.15, 0.2) is 24.3 Å². The lowest BCUT2D eigenvalue weighted by molar-refractivity contribution is -0.138. The molecule has 1 aromatic carbocycles. The molecule has 4 heteroatoms. The Balaban J connectivity index is 2.09. The molecule has 1 aliphatic heterocycles. The summed E-state index contributed by atoms with van der Waals surface area (Å²) in [5.74, 6) is 0.125. The van der Waals surface area contributed by atoms with E-state index in [2.05, 4.69) is 0 Å². The van der Waals surface area contributed by atoms with E-state index in [0.29, 0.717) is 24.4 Å². The fourth-order valence-corrected chi connectivity index (χ4v) is 2.38. The van der Waals surface area contributed by atoms with Crippen molar-refractivity contribution in [3.63, 3.8) is 0 Å². The largest absolute Gasteiger partial charge is 0.330 e. The molecule has 3 nitrogen and oxygen atoms in total. The fourth-order valence-electron chi connectivity index (χ4n) is 2.26. The number of nitrogens with zero attached hydrogens (tertiary/aromatic N) is 1. The maximum Gasteiger partial charge on any atom is 0.227 e. The van der Waals surface area contributed by atoms with E-state index < -0.39 is 5.54 Å². The molecule has 1 heterocycles. The van der Waals surface area contributed by atoms with Crippen molar-refractivity contribution in [2.75, 3.05) is 6.54 Å². The zero-order chi connectivity index (χ0) is 13.3. The first kappa shape index (κ1) is 13.1. The third-order valence-corrected chi connectivity index (χ3v) is 3.74. The Labute approximate surface area is 112 Å². The smallest absolute Gasteiger partial charge is 0.227 e. The van der Waals surface area contributed by atoms with Gasteiger partial charge in [-0.2, -0.15) is 0 Å². The Hall–Kier alpha value is -1.35. The standard InChI is InChI=1S/C14H16ClNO2/c1-14(2)12(17)7-8-16(14)13(18)9-10-3-5-11(15)6-4-10/h3-6H,7-9H2,1-2H3. The van der Waals surface area contributed by atoms with Crippen LogP contribution in [0.1, 0.15) is 25.8 Å². The molecule has 1 amide bonds. The van der Waals surface area contributed by atoms with Crippen LogP contribution >= 0.6 is 11.6 Å². The van der Waals surface area contributed by atoms with Gasteiger partial charge in [0.2, 0.25) is 5.91 Å². The van der Waals surface area contributed by atoms with Crippen LogP contribution in [0.5, 0.6) is 0 Å². The van der Waals surface area contributed by atoms with Crippen LogP contribution in [-0.4, -0.2) is 28.7 Å². The Morgan fingerprint density at radius 2 is 1.94 bits per heavy atom. The third kappa shape index (κ3) is 2.41. The molecular weight excluding hydrogens is 250 g/mol. The van der Waals surface area contributed by atoms with Gasteiger partial charge in [0.25, 0.3) is 0 Å². The maximum absolute atomic E-state index is 12.2. The van der Waals surface area contributed by atoms with Gasteiger partial charge in [0.1, 0.15) is 0 Å². The predicted octanol–water partition coefficient (Wildman–Crippen LogP) is 2.46. The molecule has 0 aromatic heterocycles. The Morgan fingerprint density at radius 3 is 2.44 bits per heavy atom. The number of halogens is 1. The van der Waals surface area contributed by atoms with Gasteiger partial charge in [-0.25, -0.2) is 0 Å². The molecule has 0 unspecified atom stereocenters. The van der Waals surface area contributed by atoms with Crippen molar-refractivity contribution in [2.45, 2.75) is 32.2 Å². The van der Waals surface area contributed by atoms with Crippen molar-refractivity contribution in [2.24, 2.45) is 0 Å². The summed E-state index contributed by atoms with van der Waals surface area (Å²) in [4.78, 5) is 25.6. The van der Waals surface area contributed by atoms with E-state index in [1.807, 2.05) is 26.0 Å². The van der Waals surface area contributed by atoms with Gasteiger partial charge in [0.05, 0.1) is 12.0 Å². The van der Waals surface area contributed by atoms with Gasteiger partial charge in [-0.3, -0.25) is 9.59 Å². The molecule has 0 aliphatic carbocycles. The second kappa shape index (κ2) is 4.73. The summed E-state index contributed by atoms with van der Waals surface area (Å²) in [5, 5.41) is 0.655. The minimum absolute atomic E-state index is 0.00632. The number of rotatable bonds is 2. The number of carbonyl (C=O) groups excluding carboxylic acids is 2. The average Bonchev–Trinajstić information content (AvgIpc) is 2.57. The minimum atomic E-state index is -0.663. The molecule has 0 radical (unpaired) electrons. The van der Waals surface area contributed by atoms with Crippen molar-refractivity contribution in [1.82, 2.24) is 4.90 Å². The quantitative estimate of drug-likeness (QED) is 0.824. The summed E-state index contributed by atoms with van der Waals surface area (Å²) in [6, 6.07) is 7.21. The monoisotopic (exact) mass is 265 g/mol. The van der Waals surface area contributed by atoms with Crippen molar-refractivity contribution in [3.05, 3.63) is 34.9 Å². The zero-order valence-corrected chi connectivity index (χ0v) is 11.3. The molecule has 1 aromatic rings. The van der Waals surface area contributed by atoms with Crippen LogP contribution in [0.3, 0.4) is 0 Å². The van der Waals surface area contributed by atoms with Crippen LogP contribution in [-0.2, 0) is 16.0 Å². The Morgan fingerprint density at radius 1 is 1.33 bits per heavy atom. The summed E-state index contributed by atoms with van der Waals surface area (Å²) in [7, 11) is 0.